The molecular weight excluding hydrogens is 314 g/mol. The summed E-state index contributed by atoms with van der Waals surface area (Å²) in [5, 5.41) is 4.03. The van der Waals surface area contributed by atoms with E-state index in [-0.39, 0.29) is 5.92 Å². The van der Waals surface area contributed by atoms with Crippen LogP contribution in [0.15, 0.2) is 34.9 Å². The molecule has 1 aliphatic heterocycles. The van der Waals surface area contributed by atoms with Gasteiger partial charge in [-0.1, -0.05) is 35.5 Å². The van der Waals surface area contributed by atoms with Crippen LogP contribution in [0.3, 0.4) is 0 Å². The Labute approximate surface area is 148 Å². The normalized spacial score (nSPS) is 23.7. The number of carbonyl (C=O) groups is 1. The summed E-state index contributed by atoms with van der Waals surface area (Å²) < 4.78 is 5.25. The largest absolute Gasteiger partial charge is 0.361 e. The average Bonchev–Trinajstić information content (AvgIpc) is 3.39. The summed E-state index contributed by atoms with van der Waals surface area (Å²) in [5.74, 6) is 1.86. The van der Waals surface area contributed by atoms with E-state index in [0.29, 0.717) is 11.8 Å². The molecule has 5 heteroatoms. The molecule has 2 aromatic rings. The molecule has 0 N–H and O–H groups in total. The number of aryl methyl sites for hydroxylation is 2. The van der Waals surface area contributed by atoms with Crippen LogP contribution in [0.2, 0.25) is 0 Å². The molecule has 2 atom stereocenters. The monoisotopic (exact) mass is 339 g/mol. The maximum Gasteiger partial charge on any atom is 0.226 e. The van der Waals surface area contributed by atoms with Gasteiger partial charge in [-0.3, -0.25) is 9.69 Å². The predicted molar refractivity (Wildman–Crippen MR) is 95.1 cm³/mol. The van der Waals surface area contributed by atoms with Gasteiger partial charge in [0.25, 0.3) is 0 Å². The molecule has 0 radical (unpaired) electrons. The molecule has 2 heterocycles. The van der Waals surface area contributed by atoms with Gasteiger partial charge in [0.2, 0.25) is 5.91 Å². The first-order chi connectivity index (χ1) is 12.1. The molecule has 1 aromatic carbocycles. The highest BCUT2D eigenvalue weighted by molar-refractivity contribution is 5.83. The summed E-state index contributed by atoms with van der Waals surface area (Å²) in [6.07, 6.45) is 1.00. The maximum absolute atomic E-state index is 12.8. The minimum absolute atomic E-state index is 0.191. The molecule has 0 bridgehead atoms. The molecule has 5 nitrogen and oxygen atoms in total. The topological polar surface area (TPSA) is 49.6 Å². The number of aromatic nitrogens is 1. The van der Waals surface area contributed by atoms with Gasteiger partial charge in [0.05, 0.1) is 5.69 Å². The molecule has 2 fully saturated rings. The first kappa shape index (κ1) is 16.3. The number of benzene rings is 1. The van der Waals surface area contributed by atoms with E-state index in [1.165, 1.54) is 11.1 Å². The van der Waals surface area contributed by atoms with Crippen molar-refractivity contribution in [3.05, 3.63) is 52.9 Å². The lowest BCUT2D eigenvalue weighted by Crippen LogP contribution is -2.48. The number of nitrogens with zero attached hydrogens (tertiary/aromatic N) is 3. The first-order valence-electron chi connectivity index (χ1n) is 9.11. The van der Waals surface area contributed by atoms with Crippen molar-refractivity contribution in [2.24, 2.45) is 5.92 Å². The van der Waals surface area contributed by atoms with Gasteiger partial charge in [0.1, 0.15) is 5.76 Å². The molecular formula is C20H25N3O2. The van der Waals surface area contributed by atoms with Crippen molar-refractivity contribution in [1.82, 2.24) is 15.0 Å². The molecule has 132 valence electrons. The predicted octanol–water partition coefficient (Wildman–Crippen LogP) is 2.74. The molecule has 1 saturated heterocycles. The van der Waals surface area contributed by atoms with Gasteiger partial charge in [0.15, 0.2) is 0 Å². The standard InChI is InChI=1S/C20H25N3O2/c1-14-19(15(2)25-21-14)13-22-8-10-23(11-9-22)20(24)18-12-17(18)16-6-4-3-5-7-16/h3-7,17-18H,8-13H2,1-2H3/t17-,18+/m1/s1. The highest BCUT2D eigenvalue weighted by atomic mass is 16.5. The van der Waals surface area contributed by atoms with Crippen molar-refractivity contribution in [3.63, 3.8) is 0 Å². The van der Waals surface area contributed by atoms with E-state index >= 15 is 0 Å². The van der Waals surface area contributed by atoms with Crippen molar-refractivity contribution in [2.75, 3.05) is 26.2 Å². The van der Waals surface area contributed by atoms with E-state index in [4.69, 9.17) is 4.52 Å². The molecule has 1 aromatic heterocycles. The minimum Gasteiger partial charge on any atom is -0.361 e. The van der Waals surface area contributed by atoms with Crippen molar-refractivity contribution < 1.29 is 9.32 Å². The van der Waals surface area contributed by atoms with E-state index in [0.717, 1.165) is 50.6 Å². The number of carbonyl (C=O) groups excluding carboxylic acids is 1. The lowest BCUT2D eigenvalue weighted by Gasteiger charge is -2.35. The Morgan fingerprint density at radius 1 is 1.16 bits per heavy atom. The van der Waals surface area contributed by atoms with Gasteiger partial charge in [-0.25, -0.2) is 0 Å². The van der Waals surface area contributed by atoms with Crippen LogP contribution in [-0.4, -0.2) is 47.0 Å². The fourth-order valence-corrected chi connectivity index (χ4v) is 3.85. The third kappa shape index (κ3) is 3.33. The molecule has 4 rings (SSSR count). The second-order valence-corrected chi connectivity index (χ2v) is 7.26. The molecule has 1 amide bonds. The van der Waals surface area contributed by atoms with Gasteiger partial charge >= 0.3 is 0 Å². The Hall–Kier alpha value is -2.14. The van der Waals surface area contributed by atoms with Gasteiger partial charge in [0, 0.05) is 44.2 Å². The number of piperazine rings is 1. The van der Waals surface area contributed by atoms with Gasteiger partial charge < -0.3 is 9.42 Å². The van der Waals surface area contributed by atoms with Crippen LogP contribution >= 0.6 is 0 Å². The Morgan fingerprint density at radius 3 is 2.52 bits per heavy atom. The second-order valence-electron chi connectivity index (χ2n) is 7.26. The summed E-state index contributed by atoms with van der Waals surface area (Å²) in [5.41, 5.74) is 3.46. The zero-order chi connectivity index (χ0) is 17.4. The van der Waals surface area contributed by atoms with Crippen molar-refractivity contribution in [2.45, 2.75) is 32.7 Å². The zero-order valence-corrected chi connectivity index (χ0v) is 14.9. The SMILES string of the molecule is Cc1noc(C)c1CN1CCN(C(=O)[C@H]2C[C@@H]2c2ccccc2)CC1. The van der Waals surface area contributed by atoms with Gasteiger partial charge in [-0.05, 0) is 31.7 Å². The summed E-state index contributed by atoms with van der Waals surface area (Å²) in [4.78, 5) is 17.2. The highest BCUT2D eigenvalue weighted by Gasteiger charge is 2.45. The van der Waals surface area contributed by atoms with Crippen LogP contribution in [0, 0.1) is 19.8 Å². The maximum atomic E-state index is 12.8. The number of hydrogen-bond acceptors (Lipinski definition) is 4. The van der Waals surface area contributed by atoms with Gasteiger partial charge in [-0.2, -0.15) is 0 Å². The summed E-state index contributed by atoms with van der Waals surface area (Å²) in [6, 6.07) is 10.4. The van der Waals surface area contributed by atoms with Crippen LogP contribution in [-0.2, 0) is 11.3 Å². The summed E-state index contributed by atoms with van der Waals surface area (Å²) >= 11 is 0. The molecule has 25 heavy (non-hydrogen) atoms. The Kier molecular flexibility index (Phi) is 4.34. The lowest BCUT2D eigenvalue weighted by atomic mass is 10.1. The molecule has 1 saturated carbocycles. The van der Waals surface area contributed by atoms with Crippen molar-refractivity contribution >= 4 is 5.91 Å². The van der Waals surface area contributed by atoms with Gasteiger partial charge in [-0.15, -0.1) is 0 Å². The van der Waals surface area contributed by atoms with Crippen LogP contribution in [0.5, 0.6) is 0 Å². The van der Waals surface area contributed by atoms with Crippen molar-refractivity contribution in [1.29, 1.82) is 0 Å². The zero-order valence-electron chi connectivity index (χ0n) is 14.9. The number of hydrogen-bond donors (Lipinski definition) is 0. The van der Waals surface area contributed by atoms with Crippen LogP contribution in [0.1, 0.15) is 34.9 Å². The average molecular weight is 339 g/mol. The lowest BCUT2D eigenvalue weighted by molar-refractivity contribution is -0.134. The number of amides is 1. The molecule has 0 unspecified atom stereocenters. The van der Waals surface area contributed by atoms with E-state index in [1.807, 2.05) is 19.9 Å². The quantitative estimate of drug-likeness (QED) is 0.859. The summed E-state index contributed by atoms with van der Waals surface area (Å²) in [7, 11) is 0. The fraction of sp³-hybridized carbons (Fsp3) is 0.500. The Bertz CT molecular complexity index is 728. The fourth-order valence-electron chi connectivity index (χ4n) is 3.85. The van der Waals surface area contributed by atoms with E-state index in [9.17, 15) is 4.79 Å². The highest BCUT2D eigenvalue weighted by Crippen LogP contribution is 2.48. The summed E-state index contributed by atoms with van der Waals surface area (Å²) in [6.45, 7) is 8.28. The smallest absolute Gasteiger partial charge is 0.226 e. The second kappa shape index (κ2) is 6.64. The van der Waals surface area contributed by atoms with Crippen LogP contribution < -0.4 is 0 Å². The molecule has 0 spiro atoms. The minimum atomic E-state index is 0.191. The Balaban J connectivity index is 1.30. The van der Waals surface area contributed by atoms with E-state index in [1.54, 1.807) is 0 Å². The molecule has 2 aliphatic rings. The van der Waals surface area contributed by atoms with E-state index in [2.05, 4.69) is 39.2 Å². The van der Waals surface area contributed by atoms with Crippen LogP contribution in [0.25, 0.3) is 0 Å². The van der Waals surface area contributed by atoms with Crippen molar-refractivity contribution in [3.8, 4) is 0 Å². The molecule has 1 aliphatic carbocycles. The number of rotatable bonds is 4. The first-order valence-corrected chi connectivity index (χ1v) is 9.11. The third-order valence-corrected chi connectivity index (χ3v) is 5.58. The van der Waals surface area contributed by atoms with Crippen LogP contribution in [0.4, 0.5) is 0 Å². The third-order valence-electron chi connectivity index (χ3n) is 5.58. The Morgan fingerprint density at radius 2 is 1.88 bits per heavy atom. The van der Waals surface area contributed by atoms with E-state index < -0.39 is 0 Å².